The Kier molecular flexibility index (Phi) is 4.46. The molecule has 0 aliphatic heterocycles. The topological polar surface area (TPSA) is 46.9 Å². The van der Waals surface area contributed by atoms with Crippen LogP contribution in [0.15, 0.2) is 58.3 Å². The zero-order valence-electron chi connectivity index (χ0n) is 12.7. The van der Waals surface area contributed by atoms with Gasteiger partial charge in [-0.05, 0) is 38.1 Å². The SMILES string of the molecule is Cc1ccc(S(C)(C)[OH+]S(=O)(=O)c2ccc(C)cc2)cc1. The third-order valence-electron chi connectivity index (χ3n) is 3.20. The van der Waals surface area contributed by atoms with Crippen LogP contribution in [0.3, 0.4) is 0 Å². The van der Waals surface area contributed by atoms with E-state index in [0.29, 0.717) is 0 Å². The van der Waals surface area contributed by atoms with Crippen molar-refractivity contribution in [2.45, 2.75) is 23.6 Å². The van der Waals surface area contributed by atoms with Gasteiger partial charge in [-0.2, -0.15) is 0 Å². The van der Waals surface area contributed by atoms with E-state index in [1.54, 1.807) is 24.3 Å². The highest BCUT2D eigenvalue weighted by Gasteiger charge is 2.31. The van der Waals surface area contributed by atoms with E-state index in [2.05, 4.69) is 3.63 Å². The summed E-state index contributed by atoms with van der Waals surface area (Å²) in [4.78, 5) is 1.21. The van der Waals surface area contributed by atoms with Gasteiger partial charge in [0.2, 0.25) is 0 Å². The predicted molar refractivity (Wildman–Crippen MR) is 89.9 cm³/mol. The first-order chi connectivity index (χ1) is 9.71. The molecule has 0 fully saturated rings. The number of benzene rings is 2. The molecule has 5 heteroatoms. The number of hydrogen-bond donors (Lipinski definition) is 0. The molecule has 0 saturated heterocycles. The van der Waals surface area contributed by atoms with Crippen LogP contribution < -0.4 is 0 Å². The van der Waals surface area contributed by atoms with Gasteiger partial charge in [0.1, 0.15) is 4.90 Å². The van der Waals surface area contributed by atoms with E-state index in [4.69, 9.17) is 0 Å². The quantitative estimate of drug-likeness (QED) is 0.627. The lowest BCUT2D eigenvalue weighted by molar-refractivity contribution is 0.392. The van der Waals surface area contributed by atoms with E-state index in [9.17, 15) is 8.42 Å². The lowest BCUT2D eigenvalue weighted by atomic mass is 10.2. The summed E-state index contributed by atoms with van der Waals surface area (Å²) in [6.45, 7) is 3.93. The minimum absolute atomic E-state index is 0.251. The van der Waals surface area contributed by atoms with E-state index in [1.165, 1.54) is 0 Å². The van der Waals surface area contributed by atoms with Crippen LogP contribution in [0, 0.1) is 13.8 Å². The molecule has 21 heavy (non-hydrogen) atoms. The molecule has 0 aromatic heterocycles. The minimum atomic E-state index is -3.63. The molecule has 0 unspecified atom stereocenters. The number of aryl methyl sites for hydroxylation is 2. The van der Waals surface area contributed by atoms with E-state index in [1.807, 2.05) is 50.6 Å². The van der Waals surface area contributed by atoms with Gasteiger partial charge in [-0.3, -0.25) is 3.63 Å². The first-order valence-corrected chi connectivity index (χ1v) is 10.4. The number of hydrogen-bond acceptors (Lipinski definition) is 2. The molecule has 0 aliphatic rings. The van der Waals surface area contributed by atoms with Crippen molar-refractivity contribution in [3.8, 4) is 0 Å². The van der Waals surface area contributed by atoms with Crippen LogP contribution in [0.1, 0.15) is 11.1 Å². The highest BCUT2D eigenvalue weighted by atomic mass is 32.3. The molecule has 3 nitrogen and oxygen atoms in total. The molecule has 2 aromatic rings. The van der Waals surface area contributed by atoms with Crippen LogP contribution >= 0.6 is 10.3 Å². The predicted octanol–water partition coefficient (Wildman–Crippen LogP) is 4.12. The molecule has 2 rings (SSSR count). The van der Waals surface area contributed by atoms with E-state index in [0.717, 1.165) is 16.0 Å². The Morgan fingerprint density at radius 1 is 0.714 bits per heavy atom. The van der Waals surface area contributed by atoms with Crippen molar-refractivity contribution in [1.82, 2.24) is 0 Å². The molecule has 0 saturated carbocycles. The smallest absolute Gasteiger partial charge is 0.265 e. The molecule has 0 aliphatic carbocycles. The Balaban J connectivity index is 2.30. The summed E-state index contributed by atoms with van der Waals surface area (Å²) in [5, 5.41) is 0. The lowest BCUT2D eigenvalue weighted by Crippen LogP contribution is -2.15. The van der Waals surface area contributed by atoms with Crippen molar-refractivity contribution < 1.29 is 12.0 Å². The Morgan fingerprint density at radius 2 is 1.10 bits per heavy atom. The summed E-state index contributed by atoms with van der Waals surface area (Å²) in [5.41, 5.74) is 2.18. The molecule has 1 N–H and O–H groups in total. The maximum atomic E-state index is 12.5. The zero-order chi connectivity index (χ0) is 15.7. The summed E-state index contributed by atoms with van der Waals surface area (Å²) >= 11 is 0. The summed E-state index contributed by atoms with van der Waals surface area (Å²) in [5.74, 6) is 0. The van der Waals surface area contributed by atoms with Gasteiger partial charge in [0.25, 0.3) is 0 Å². The van der Waals surface area contributed by atoms with Gasteiger partial charge in [-0.1, -0.05) is 35.4 Å². The molecule has 0 atom stereocenters. The first kappa shape index (κ1) is 16.1. The Morgan fingerprint density at radius 3 is 1.52 bits per heavy atom. The van der Waals surface area contributed by atoms with Gasteiger partial charge in [0, 0.05) is 22.8 Å². The molecule has 0 amide bonds. The van der Waals surface area contributed by atoms with Crippen molar-refractivity contribution in [1.29, 1.82) is 0 Å². The van der Waals surface area contributed by atoms with E-state index in [-0.39, 0.29) is 4.90 Å². The van der Waals surface area contributed by atoms with Crippen molar-refractivity contribution in [3.05, 3.63) is 59.7 Å². The second-order valence-electron chi connectivity index (χ2n) is 5.45. The number of rotatable bonds is 4. The van der Waals surface area contributed by atoms with Gasteiger partial charge in [-0.25, -0.2) is 0 Å². The second-order valence-corrected chi connectivity index (χ2v) is 10.5. The average Bonchev–Trinajstić information content (AvgIpc) is 2.38. The maximum Gasteiger partial charge on any atom is 0.421 e. The molecule has 114 valence electrons. The molecular weight excluding hydrogens is 304 g/mol. The van der Waals surface area contributed by atoms with Crippen molar-refractivity contribution in [2.75, 3.05) is 12.5 Å². The van der Waals surface area contributed by atoms with Crippen molar-refractivity contribution >= 4 is 20.4 Å². The molecule has 0 bridgehead atoms. The minimum Gasteiger partial charge on any atom is -0.265 e. The van der Waals surface area contributed by atoms with Gasteiger partial charge >= 0.3 is 10.1 Å². The van der Waals surface area contributed by atoms with Crippen LogP contribution in [0.4, 0.5) is 0 Å². The third kappa shape index (κ3) is 3.87. The first-order valence-electron chi connectivity index (χ1n) is 6.57. The van der Waals surface area contributed by atoms with Crippen LogP contribution in [0.2, 0.25) is 0 Å². The standard InChI is InChI=1S/C16H20O3S2/c1-13-5-9-15(10-6-13)20(3,4)19-21(17,18)16-11-7-14(2)8-12-16/h5-12H,1-4H3/p+1. The summed E-state index contributed by atoms with van der Waals surface area (Å²) < 4.78 is 29.1. The maximum absolute atomic E-state index is 12.5. The Hall–Kier alpha value is -1.30. The largest absolute Gasteiger partial charge is 0.421 e. The molecule has 0 radical (unpaired) electrons. The third-order valence-corrected chi connectivity index (χ3v) is 7.77. The van der Waals surface area contributed by atoms with Gasteiger partial charge in [0.15, 0.2) is 0 Å². The highest BCUT2D eigenvalue weighted by molar-refractivity contribution is 8.31. The van der Waals surface area contributed by atoms with Crippen molar-refractivity contribution in [2.24, 2.45) is 0 Å². The van der Waals surface area contributed by atoms with E-state index < -0.39 is 20.4 Å². The fourth-order valence-corrected chi connectivity index (χ4v) is 5.85. The summed E-state index contributed by atoms with van der Waals surface area (Å²) in [6, 6.07) is 14.7. The molecule has 2 aromatic carbocycles. The monoisotopic (exact) mass is 325 g/mol. The molecular formula is C16H21O3S2+. The fraction of sp³-hybridized carbons (Fsp3) is 0.250. The Bertz CT molecular complexity index is 715. The van der Waals surface area contributed by atoms with Crippen LogP contribution in [-0.2, 0) is 10.1 Å². The molecule has 0 heterocycles. The van der Waals surface area contributed by atoms with Crippen molar-refractivity contribution in [3.63, 3.8) is 0 Å². The lowest BCUT2D eigenvalue weighted by Gasteiger charge is -2.25. The summed E-state index contributed by atoms with van der Waals surface area (Å²) in [7, 11) is -5.39. The van der Waals surface area contributed by atoms with E-state index >= 15 is 0 Å². The Labute approximate surface area is 128 Å². The highest BCUT2D eigenvalue weighted by Crippen LogP contribution is 2.49. The van der Waals surface area contributed by atoms with Crippen LogP contribution in [-0.4, -0.2) is 24.6 Å². The van der Waals surface area contributed by atoms with Gasteiger partial charge in [-0.15, -0.1) is 8.42 Å². The van der Waals surface area contributed by atoms with Gasteiger partial charge in [0.05, 0.1) is 4.90 Å². The molecule has 0 spiro atoms. The van der Waals surface area contributed by atoms with Crippen LogP contribution in [0.25, 0.3) is 0 Å². The summed E-state index contributed by atoms with van der Waals surface area (Å²) in [6.07, 6.45) is 3.78. The fourth-order valence-electron chi connectivity index (χ4n) is 1.91. The second kappa shape index (κ2) is 5.83. The zero-order valence-corrected chi connectivity index (χ0v) is 14.3. The average molecular weight is 325 g/mol. The van der Waals surface area contributed by atoms with Gasteiger partial charge < -0.3 is 0 Å². The van der Waals surface area contributed by atoms with Crippen LogP contribution in [0.5, 0.6) is 0 Å². The normalized spacial score (nSPS) is 13.1.